The second-order valence-electron chi connectivity index (χ2n) is 3.74. The second kappa shape index (κ2) is 7.42. The quantitative estimate of drug-likeness (QED) is 0.732. The molecular formula is C13H19ClN2. The van der Waals surface area contributed by atoms with Gasteiger partial charge >= 0.3 is 0 Å². The van der Waals surface area contributed by atoms with E-state index in [1.54, 1.807) is 6.20 Å². The summed E-state index contributed by atoms with van der Waals surface area (Å²) in [6.45, 7) is 6.88. The molecule has 0 fully saturated rings. The number of halogens is 1. The smallest absolute Gasteiger partial charge is 0.0759 e. The minimum atomic E-state index is 0.228. The van der Waals surface area contributed by atoms with Crippen molar-refractivity contribution in [1.29, 1.82) is 0 Å². The molecule has 1 N–H and O–H groups in total. The Hall–Kier alpha value is -0.860. The molecule has 0 spiro atoms. The van der Waals surface area contributed by atoms with Gasteiger partial charge in [-0.15, -0.1) is 6.58 Å². The molecule has 0 amide bonds. The van der Waals surface area contributed by atoms with Crippen LogP contribution in [0.25, 0.3) is 0 Å². The van der Waals surface area contributed by atoms with E-state index in [0.29, 0.717) is 0 Å². The molecule has 0 aliphatic carbocycles. The number of aromatic nitrogens is 1. The summed E-state index contributed by atoms with van der Waals surface area (Å²) in [5.74, 6) is 0. The van der Waals surface area contributed by atoms with Crippen molar-refractivity contribution in [2.45, 2.75) is 32.2 Å². The standard InChI is InChI=1S/C13H19ClN2/c1-3-5-8-12(15-9-4-2)13-11(14)7-6-10-16-13/h3,6-7,10,12,15H,1,4-5,8-9H2,2H3. The molecule has 0 aliphatic heterocycles. The van der Waals surface area contributed by atoms with E-state index in [1.807, 2.05) is 18.2 Å². The van der Waals surface area contributed by atoms with Crippen molar-refractivity contribution in [3.05, 3.63) is 41.7 Å². The third-order valence-electron chi connectivity index (χ3n) is 2.42. The molecule has 0 saturated heterocycles. The highest BCUT2D eigenvalue weighted by atomic mass is 35.5. The van der Waals surface area contributed by atoms with E-state index >= 15 is 0 Å². The van der Waals surface area contributed by atoms with Crippen LogP contribution in [0, 0.1) is 0 Å². The molecule has 16 heavy (non-hydrogen) atoms. The molecule has 0 saturated carbocycles. The highest BCUT2D eigenvalue weighted by Crippen LogP contribution is 2.23. The van der Waals surface area contributed by atoms with E-state index in [1.165, 1.54) is 0 Å². The van der Waals surface area contributed by atoms with Crippen molar-refractivity contribution < 1.29 is 0 Å². The summed E-state index contributed by atoms with van der Waals surface area (Å²) in [6, 6.07) is 3.97. The zero-order valence-electron chi connectivity index (χ0n) is 9.75. The molecule has 1 aromatic heterocycles. The van der Waals surface area contributed by atoms with Gasteiger partial charge in [0.1, 0.15) is 0 Å². The maximum atomic E-state index is 6.15. The molecule has 88 valence electrons. The van der Waals surface area contributed by atoms with Gasteiger partial charge in [-0.1, -0.05) is 24.6 Å². The summed E-state index contributed by atoms with van der Waals surface area (Å²) >= 11 is 6.15. The summed E-state index contributed by atoms with van der Waals surface area (Å²) in [5, 5.41) is 4.20. The average molecular weight is 239 g/mol. The van der Waals surface area contributed by atoms with Gasteiger partial charge in [0.05, 0.1) is 16.8 Å². The fraction of sp³-hybridized carbons (Fsp3) is 0.462. The zero-order chi connectivity index (χ0) is 11.8. The van der Waals surface area contributed by atoms with Crippen molar-refractivity contribution in [1.82, 2.24) is 10.3 Å². The van der Waals surface area contributed by atoms with Crippen LogP contribution in [0.1, 0.15) is 37.9 Å². The Morgan fingerprint density at radius 3 is 3.06 bits per heavy atom. The van der Waals surface area contributed by atoms with Crippen LogP contribution in [0.3, 0.4) is 0 Å². The number of nitrogens with one attached hydrogen (secondary N) is 1. The highest BCUT2D eigenvalue weighted by molar-refractivity contribution is 6.31. The first kappa shape index (κ1) is 13.2. The third kappa shape index (κ3) is 3.95. The summed E-state index contributed by atoms with van der Waals surface area (Å²) in [6.07, 6.45) is 6.77. The Labute approximate surface area is 103 Å². The van der Waals surface area contributed by atoms with E-state index < -0.39 is 0 Å². The van der Waals surface area contributed by atoms with E-state index in [9.17, 15) is 0 Å². The van der Waals surface area contributed by atoms with Crippen LogP contribution in [0.15, 0.2) is 31.0 Å². The SMILES string of the molecule is C=CCCC(NCCC)c1ncccc1Cl. The molecule has 1 aromatic rings. The summed E-state index contributed by atoms with van der Waals surface area (Å²) in [7, 11) is 0. The summed E-state index contributed by atoms with van der Waals surface area (Å²) < 4.78 is 0. The summed E-state index contributed by atoms with van der Waals surface area (Å²) in [5.41, 5.74) is 0.944. The molecule has 0 radical (unpaired) electrons. The Morgan fingerprint density at radius 1 is 1.62 bits per heavy atom. The Balaban J connectivity index is 2.74. The largest absolute Gasteiger partial charge is 0.309 e. The molecule has 1 heterocycles. The molecular weight excluding hydrogens is 220 g/mol. The van der Waals surface area contributed by atoms with Gasteiger partial charge in [0.25, 0.3) is 0 Å². The van der Waals surface area contributed by atoms with Crippen LogP contribution in [-0.4, -0.2) is 11.5 Å². The minimum Gasteiger partial charge on any atom is -0.309 e. The van der Waals surface area contributed by atoms with Crippen molar-refractivity contribution in [2.75, 3.05) is 6.54 Å². The average Bonchev–Trinajstić information content (AvgIpc) is 2.31. The molecule has 0 bridgehead atoms. The van der Waals surface area contributed by atoms with Gasteiger partial charge in [-0.25, -0.2) is 0 Å². The fourth-order valence-electron chi connectivity index (χ4n) is 1.59. The molecule has 1 unspecified atom stereocenters. The Kier molecular flexibility index (Phi) is 6.12. The predicted octanol–water partition coefficient (Wildman–Crippen LogP) is 3.74. The molecule has 1 atom stereocenters. The van der Waals surface area contributed by atoms with Crippen molar-refractivity contribution >= 4 is 11.6 Å². The van der Waals surface area contributed by atoms with Crippen LogP contribution in [0.5, 0.6) is 0 Å². The molecule has 0 aromatic carbocycles. The van der Waals surface area contributed by atoms with Crippen molar-refractivity contribution in [3.63, 3.8) is 0 Å². The molecule has 2 nitrogen and oxygen atoms in total. The minimum absolute atomic E-state index is 0.228. The lowest BCUT2D eigenvalue weighted by molar-refractivity contribution is 0.492. The molecule has 3 heteroatoms. The number of hydrogen-bond donors (Lipinski definition) is 1. The lowest BCUT2D eigenvalue weighted by Gasteiger charge is -2.18. The van der Waals surface area contributed by atoms with E-state index in [0.717, 1.165) is 36.5 Å². The zero-order valence-corrected chi connectivity index (χ0v) is 10.5. The van der Waals surface area contributed by atoms with Crippen LogP contribution >= 0.6 is 11.6 Å². The van der Waals surface area contributed by atoms with Gasteiger partial charge in [0.15, 0.2) is 0 Å². The van der Waals surface area contributed by atoms with E-state index in [4.69, 9.17) is 11.6 Å². The number of nitrogens with zero attached hydrogens (tertiary/aromatic N) is 1. The lowest BCUT2D eigenvalue weighted by Crippen LogP contribution is -2.23. The van der Waals surface area contributed by atoms with Gasteiger partial charge in [0, 0.05) is 6.20 Å². The first-order valence-corrected chi connectivity index (χ1v) is 6.12. The maximum Gasteiger partial charge on any atom is 0.0759 e. The number of hydrogen-bond acceptors (Lipinski definition) is 2. The monoisotopic (exact) mass is 238 g/mol. The van der Waals surface area contributed by atoms with E-state index in [-0.39, 0.29) is 6.04 Å². The van der Waals surface area contributed by atoms with Crippen LogP contribution in [0.4, 0.5) is 0 Å². The number of rotatable bonds is 7. The van der Waals surface area contributed by atoms with Crippen LogP contribution in [0.2, 0.25) is 5.02 Å². The van der Waals surface area contributed by atoms with Crippen LogP contribution < -0.4 is 5.32 Å². The normalized spacial score (nSPS) is 12.4. The van der Waals surface area contributed by atoms with Gasteiger partial charge in [-0.2, -0.15) is 0 Å². The highest BCUT2D eigenvalue weighted by Gasteiger charge is 2.13. The number of pyridine rings is 1. The van der Waals surface area contributed by atoms with Crippen molar-refractivity contribution in [3.8, 4) is 0 Å². The second-order valence-corrected chi connectivity index (χ2v) is 4.15. The van der Waals surface area contributed by atoms with E-state index in [2.05, 4.69) is 23.8 Å². The first-order chi connectivity index (χ1) is 7.79. The third-order valence-corrected chi connectivity index (χ3v) is 2.74. The maximum absolute atomic E-state index is 6.15. The van der Waals surface area contributed by atoms with Gasteiger partial charge in [-0.3, -0.25) is 4.98 Å². The topological polar surface area (TPSA) is 24.9 Å². The Bertz CT molecular complexity index is 325. The lowest BCUT2D eigenvalue weighted by atomic mass is 10.1. The summed E-state index contributed by atoms with van der Waals surface area (Å²) in [4.78, 5) is 4.36. The van der Waals surface area contributed by atoms with Gasteiger partial charge < -0.3 is 5.32 Å². The van der Waals surface area contributed by atoms with Crippen molar-refractivity contribution in [2.24, 2.45) is 0 Å². The fourth-order valence-corrected chi connectivity index (χ4v) is 1.85. The molecule has 1 rings (SSSR count). The Morgan fingerprint density at radius 2 is 2.44 bits per heavy atom. The van der Waals surface area contributed by atoms with Crippen LogP contribution in [-0.2, 0) is 0 Å². The predicted molar refractivity (Wildman–Crippen MR) is 69.7 cm³/mol. The molecule has 0 aliphatic rings. The van der Waals surface area contributed by atoms with Gasteiger partial charge in [-0.05, 0) is 37.9 Å². The first-order valence-electron chi connectivity index (χ1n) is 5.74. The number of allylic oxidation sites excluding steroid dienone is 1. The van der Waals surface area contributed by atoms with Gasteiger partial charge in [0.2, 0.25) is 0 Å².